The minimum Gasteiger partial charge on any atom is -0.492 e. The lowest BCUT2D eigenvalue weighted by atomic mass is 10.1. The van der Waals surface area contributed by atoms with Crippen LogP contribution in [-0.2, 0) is 19.7 Å². The van der Waals surface area contributed by atoms with Crippen molar-refractivity contribution in [2.45, 2.75) is 58.2 Å². The molecular formula is C23H33ClFN3O7S. The largest absolute Gasteiger partial charge is 0.492 e. The Labute approximate surface area is 216 Å². The molecule has 10 nitrogen and oxygen atoms in total. The Morgan fingerprint density at radius 1 is 1.25 bits per heavy atom. The van der Waals surface area contributed by atoms with Gasteiger partial charge in [-0.3, -0.25) is 4.79 Å². The molecule has 1 aliphatic carbocycles. The van der Waals surface area contributed by atoms with Crippen LogP contribution in [0.25, 0.3) is 0 Å². The molecule has 2 fully saturated rings. The third-order valence-corrected chi connectivity index (χ3v) is 7.50. The molecule has 0 spiro atoms. The first kappa shape index (κ1) is 28.4. The van der Waals surface area contributed by atoms with Crippen LogP contribution < -0.4 is 14.8 Å². The van der Waals surface area contributed by atoms with Crippen LogP contribution in [0.15, 0.2) is 12.1 Å². The minimum absolute atomic E-state index is 0.00142. The first-order valence-electron chi connectivity index (χ1n) is 11.9. The van der Waals surface area contributed by atoms with Crippen LogP contribution in [0, 0.1) is 11.7 Å². The van der Waals surface area contributed by atoms with Crippen molar-refractivity contribution < 1.29 is 36.6 Å². The molecule has 1 atom stereocenters. The summed E-state index contributed by atoms with van der Waals surface area (Å²) in [5.41, 5.74) is -1.21. The van der Waals surface area contributed by atoms with E-state index in [4.69, 9.17) is 25.8 Å². The van der Waals surface area contributed by atoms with Crippen molar-refractivity contribution in [3.8, 4) is 5.75 Å². The van der Waals surface area contributed by atoms with Crippen molar-refractivity contribution >= 4 is 33.8 Å². The van der Waals surface area contributed by atoms with E-state index in [0.717, 1.165) is 42.1 Å². The fraction of sp³-hybridized carbons (Fsp3) is 0.652. The summed E-state index contributed by atoms with van der Waals surface area (Å²) in [5.74, 6) is -1.62. The van der Waals surface area contributed by atoms with Crippen molar-refractivity contribution in [1.82, 2.24) is 14.3 Å². The van der Waals surface area contributed by atoms with Crippen LogP contribution in [0.2, 0.25) is 5.02 Å². The SMILES string of the molecule is CC(C)(C)OC(=O)NC[C@@H]1CN(S(=O)(=O)NC(=O)c2cc(Cl)c(OCC3CCCC3)cc2F)CCO1. The lowest BCUT2D eigenvalue weighted by Crippen LogP contribution is -2.53. The maximum Gasteiger partial charge on any atom is 0.407 e. The average Bonchev–Trinajstić information content (AvgIpc) is 3.30. The summed E-state index contributed by atoms with van der Waals surface area (Å²) in [6.07, 6.45) is 3.01. The van der Waals surface area contributed by atoms with Gasteiger partial charge in [0.15, 0.2) is 0 Å². The molecule has 2 amide bonds. The molecule has 1 aromatic carbocycles. The number of halogens is 2. The molecule has 1 aromatic rings. The summed E-state index contributed by atoms with van der Waals surface area (Å²) < 4.78 is 59.4. The Morgan fingerprint density at radius 2 is 1.94 bits per heavy atom. The highest BCUT2D eigenvalue weighted by Crippen LogP contribution is 2.31. The van der Waals surface area contributed by atoms with Crippen molar-refractivity contribution in [2.24, 2.45) is 5.92 Å². The van der Waals surface area contributed by atoms with Gasteiger partial charge in [0.25, 0.3) is 5.91 Å². The maximum absolute atomic E-state index is 14.7. The van der Waals surface area contributed by atoms with E-state index in [0.29, 0.717) is 12.5 Å². The summed E-state index contributed by atoms with van der Waals surface area (Å²) in [5, 5.41) is 2.53. The Morgan fingerprint density at radius 3 is 2.61 bits per heavy atom. The Kier molecular flexibility index (Phi) is 9.42. The van der Waals surface area contributed by atoms with E-state index in [1.807, 2.05) is 4.72 Å². The van der Waals surface area contributed by atoms with Gasteiger partial charge in [0, 0.05) is 25.7 Å². The topological polar surface area (TPSA) is 123 Å². The Balaban J connectivity index is 1.58. The normalized spacial score (nSPS) is 19.6. The Hall–Kier alpha value is -2.15. The summed E-state index contributed by atoms with van der Waals surface area (Å²) in [6.45, 7) is 5.44. The third kappa shape index (κ3) is 8.19. The van der Waals surface area contributed by atoms with Crippen LogP contribution in [0.4, 0.5) is 9.18 Å². The molecule has 1 heterocycles. The molecule has 0 radical (unpaired) electrons. The quantitative estimate of drug-likeness (QED) is 0.510. The van der Waals surface area contributed by atoms with Crippen molar-refractivity contribution in [2.75, 3.05) is 32.8 Å². The molecule has 0 aromatic heterocycles. The van der Waals surface area contributed by atoms with E-state index in [1.165, 1.54) is 0 Å². The van der Waals surface area contributed by atoms with E-state index in [1.54, 1.807) is 20.8 Å². The van der Waals surface area contributed by atoms with Crippen molar-refractivity contribution in [1.29, 1.82) is 0 Å². The van der Waals surface area contributed by atoms with Crippen molar-refractivity contribution in [3.63, 3.8) is 0 Å². The van der Waals surface area contributed by atoms with E-state index in [2.05, 4.69) is 5.32 Å². The van der Waals surface area contributed by atoms with E-state index in [-0.39, 0.29) is 37.0 Å². The van der Waals surface area contributed by atoms with Gasteiger partial charge in [-0.1, -0.05) is 24.4 Å². The van der Waals surface area contributed by atoms with Gasteiger partial charge in [-0.2, -0.15) is 12.7 Å². The van der Waals surface area contributed by atoms with Gasteiger partial charge in [0.2, 0.25) is 0 Å². The average molecular weight is 550 g/mol. The van der Waals surface area contributed by atoms with Crippen LogP contribution in [-0.4, -0.2) is 69.3 Å². The molecule has 0 unspecified atom stereocenters. The molecular weight excluding hydrogens is 517 g/mol. The van der Waals surface area contributed by atoms with Gasteiger partial charge < -0.3 is 19.5 Å². The predicted octanol–water partition coefficient (Wildman–Crippen LogP) is 3.25. The zero-order valence-electron chi connectivity index (χ0n) is 20.6. The van der Waals surface area contributed by atoms with Crippen molar-refractivity contribution in [3.05, 3.63) is 28.5 Å². The second kappa shape index (κ2) is 11.9. The lowest BCUT2D eigenvalue weighted by Gasteiger charge is -2.32. The fourth-order valence-corrected chi connectivity index (χ4v) is 5.35. The van der Waals surface area contributed by atoms with Gasteiger partial charge in [0.05, 0.1) is 29.9 Å². The lowest BCUT2D eigenvalue weighted by molar-refractivity contribution is -0.00384. The number of carbonyl (C=O) groups excluding carboxylic acids is 2. The molecule has 13 heteroatoms. The Bertz CT molecular complexity index is 1060. The maximum atomic E-state index is 14.7. The number of alkyl carbamates (subject to hydrolysis) is 1. The zero-order valence-corrected chi connectivity index (χ0v) is 22.2. The van der Waals surface area contributed by atoms with Crippen LogP contribution >= 0.6 is 11.6 Å². The number of carbonyl (C=O) groups is 2. The summed E-state index contributed by atoms with van der Waals surface area (Å²) in [6, 6.07) is 2.05. The highest BCUT2D eigenvalue weighted by molar-refractivity contribution is 7.87. The van der Waals surface area contributed by atoms with Gasteiger partial charge >= 0.3 is 16.3 Å². The second-order valence-electron chi connectivity index (χ2n) is 9.89. The first-order chi connectivity index (χ1) is 16.8. The smallest absolute Gasteiger partial charge is 0.407 e. The predicted molar refractivity (Wildman–Crippen MR) is 131 cm³/mol. The zero-order chi connectivity index (χ0) is 26.5. The minimum atomic E-state index is -4.32. The number of hydrogen-bond acceptors (Lipinski definition) is 7. The van der Waals surface area contributed by atoms with Crippen LogP contribution in [0.1, 0.15) is 56.8 Å². The molecule has 0 bridgehead atoms. The molecule has 202 valence electrons. The van der Waals surface area contributed by atoms with E-state index >= 15 is 0 Å². The second-order valence-corrected chi connectivity index (χ2v) is 12.0. The molecule has 3 rings (SSSR count). The molecule has 36 heavy (non-hydrogen) atoms. The molecule has 2 aliphatic rings. The molecule has 1 saturated heterocycles. The van der Waals surface area contributed by atoms with E-state index < -0.39 is 45.3 Å². The van der Waals surface area contributed by atoms with Gasteiger partial charge in [-0.05, 0) is 45.6 Å². The highest BCUT2D eigenvalue weighted by atomic mass is 35.5. The summed E-state index contributed by atoms with van der Waals surface area (Å²) >= 11 is 6.18. The number of rotatable bonds is 8. The number of benzene rings is 1. The van der Waals surface area contributed by atoms with Gasteiger partial charge in [0.1, 0.15) is 17.2 Å². The number of hydrogen-bond donors (Lipinski definition) is 2. The number of nitrogens with one attached hydrogen (secondary N) is 2. The molecule has 2 N–H and O–H groups in total. The first-order valence-corrected chi connectivity index (χ1v) is 13.7. The number of morpholine rings is 1. The fourth-order valence-electron chi connectivity index (χ4n) is 3.98. The number of amides is 2. The highest BCUT2D eigenvalue weighted by Gasteiger charge is 2.32. The number of ether oxygens (including phenoxy) is 3. The molecule has 1 aliphatic heterocycles. The van der Waals surface area contributed by atoms with Crippen LogP contribution in [0.5, 0.6) is 5.75 Å². The van der Waals surface area contributed by atoms with Gasteiger partial charge in [-0.15, -0.1) is 0 Å². The molecule has 1 saturated carbocycles. The van der Waals surface area contributed by atoms with Crippen LogP contribution in [0.3, 0.4) is 0 Å². The third-order valence-electron chi connectivity index (χ3n) is 5.75. The number of nitrogens with zero attached hydrogens (tertiary/aromatic N) is 1. The standard InChI is InChI=1S/C23H33ClFN3O7S/c1-23(2,3)35-22(30)26-12-16-13-28(8-9-33-16)36(31,32)27-21(29)17-10-18(24)20(11-19(17)25)34-14-15-6-4-5-7-15/h10-11,15-16H,4-9,12-14H2,1-3H3,(H,26,30)(H,27,29)/t16-/m1/s1. The summed E-state index contributed by atoms with van der Waals surface area (Å²) in [7, 11) is -4.32. The van der Waals surface area contributed by atoms with Gasteiger partial charge in [-0.25, -0.2) is 13.9 Å². The van der Waals surface area contributed by atoms with E-state index in [9.17, 15) is 22.4 Å². The summed E-state index contributed by atoms with van der Waals surface area (Å²) in [4.78, 5) is 24.5. The monoisotopic (exact) mass is 549 g/mol.